The number of fused-ring (bicyclic) bond motifs is 7. The summed E-state index contributed by atoms with van der Waals surface area (Å²) in [6.07, 6.45) is 5.89. The predicted octanol–water partition coefficient (Wildman–Crippen LogP) is 2.02. The minimum absolute atomic E-state index is 0.204. The average Bonchev–Trinajstić information content (AvgIpc) is 2.74. The normalized spacial score (nSPS) is 45.8. The Kier molecular flexibility index (Phi) is 2.34. The van der Waals surface area contributed by atoms with Gasteiger partial charge in [-0.1, -0.05) is 6.58 Å². The van der Waals surface area contributed by atoms with E-state index >= 15 is 0 Å². The molecule has 4 heteroatoms. The minimum Gasteiger partial charge on any atom is -0.483 e. The van der Waals surface area contributed by atoms with E-state index in [1.807, 2.05) is 0 Å². The number of carbonyl (C=O) groups is 1. The van der Waals surface area contributed by atoms with Crippen molar-refractivity contribution in [2.45, 2.75) is 38.3 Å². The molecule has 0 aromatic carbocycles. The zero-order chi connectivity index (χ0) is 13.1. The largest absolute Gasteiger partial charge is 0.483 e. The van der Waals surface area contributed by atoms with E-state index in [2.05, 4.69) is 12.7 Å². The Labute approximate surface area is 112 Å². The molecule has 3 aliphatic carbocycles. The maximum absolute atomic E-state index is 11.1. The van der Waals surface area contributed by atoms with Gasteiger partial charge in [0.05, 0.1) is 6.10 Å². The van der Waals surface area contributed by atoms with Gasteiger partial charge in [-0.25, -0.2) is 4.79 Å². The van der Waals surface area contributed by atoms with Crippen LogP contribution in [0.1, 0.15) is 19.8 Å². The van der Waals surface area contributed by atoms with Crippen LogP contribution in [0.5, 0.6) is 0 Å². The summed E-state index contributed by atoms with van der Waals surface area (Å²) in [5, 5.41) is 0. The van der Waals surface area contributed by atoms with E-state index in [4.69, 9.17) is 14.2 Å². The van der Waals surface area contributed by atoms with Crippen LogP contribution in [0.3, 0.4) is 0 Å². The van der Waals surface area contributed by atoms with Gasteiger partial charge in [-0.2, -0.15) is 0 Å². The topological polar surface area (TPSA) is 48.1 Å². The summed E-state index contributed by atoms with van der Waals surface area (Å²) in [6.45, 7) is 5.16. The number of epoxide rings is 1. The molecule has 0 aromatic rings. The summed E-state index contributed by atoms with van der Waals surface area (Å²) < 4.78 is 16.6. The third-order valence-electron chi connectivity index (χ3n) is 5.08. The lowest BCUT2D eigenvalue weighted by atomic mass is 9.79. The van der Waals surface area contributed by atoms with Crippen LogP contribution >= 0.6 is 0 Å². The second-order valence-electron chi connectivity index (χ2n) is 6.04. The zero-order valence-electron chi connectivity index (χ0n) is 11.0. The second kappa shape index (κ2) is 3.85. The number of hydrogen-bond donors (Lipinski definition) is 0. The predicted molar refractivity (Wildman–Crippen MR) is 66.8 cm³/mol. The fraction of sp³-hybridized carbons (Fsp3) is 0.667. The standard InChI is InChI=1S/C15H18O4/c1-3-13(16)18-7(2)17-11-5-8-4-10(11)14-9(8)6-12-15(14)19-12/h3,6-11,14-15H,1,4-5H2,2H3. The minimum atomic E-state index is -0.498. The van der Waals surface area contributed by atoms with E-state index in [1.165, 1.54) is 18.3 Å². The third kappa shape index (κ3) is 1.66. The Hall–Kier alpha value is -1.29. The van der Waals surface area contributed by atoms with E-state index < -0.39 is 12.3 Å². The maximum atomic E-state index is 11.1. The molecule has 4 nitrogen and oxygen atoms in total. The van der Waals surface area contributed by atoms with Crippen molar-refractivity contribution in [3.63, 3.8) is 0 Å². The SMILES string of the molecule is C=CC(=O)OC(C)OC1CC2CC1C1C3OC3=CC21. The first-order valence-corrected chi connectivity index (χ1v) is 7.04. The molecule has 4 aliphatic rings. The highest BCUT2D eigenvalue weighted by atomic mass is 16.7. The lowest BCUT2D eigenvalue weighted by molar-refractivity contribution is -0.187. The second-order valence-corrected chi connectivity index (χ2v) is 6.04. The smallest absolute Gasteiger partial charge is 0.332 e. The Bertz CT molecular complexity index is 469. The summed E-state index contributed by atoms with van der Waals surface area (Å²) in [4.78, 5) is 11.1. The molecule has 1 saturated heterocycles. The van der Waals surface area contributed by atoms with Crippen LogP contribution in [0, 0.1) is 23.7 Å². The molecule has 102 valence electrons. The fourth-order valence-electron chi connectivity index (χ4n) is 4.41. The number of rotatable bonds is 4. The number of carbonyl (C=O) groups excluding carboxylic acids is 1. The summed E-state index contributed by atoms with van der Waals surface area (Å²) >= 11 is 0. The highest BCUT2D eigenvalue weighted by Gasteiger charge is 2.64. The number of esters is 1. The first-order valence-electron chi connectivity index (χ1n) is 7.04. The summed E-state index contributed by atoms with van der Waals surface area (Å²) in [6, 6.07) is 0. The average molecular weight is 262 g/mol. The molecule has 19 heavy (non-hydrogen) atoms. The molecule has 2 saturated carbocycles. The Morgan fingerprint density at radius 3 is 3.21 bits per heavy atom. The van der Waals surface area contributed by atoms with Gasteiger partial charge in [0.25, 0.3) is 0 Å². The molecule has 2 bridgehead atoms. The van der Waals surface area contributed by atoms with Crippen LogP contribution in [0.15, 0.2) is 24.5 Å². The Morgan fingerprint density at radius 2 is 2.42 bits per heavy atom. The molecule has 7 atom stereocenters. The van der Waals surface area contributed by atoms with Crippen LogP contribution < -0.4 is 0 Å². The van der Waals surface area contributed by atoms with Crippen molar-refractivity contribution in [2.24, 2.45) is 23.7 Å². The van der Waals surface area contributed by atoms with Crippen LogP contribution in [0.4, 0.5) is 0 Å². The lowest BCUT2D eigenvalue weighted by Gasteiger charge is -2.32. The van der Waals surface area contributed by atoms with E-state index in [1.54, 1.807) is 6.92 Å². The van der Waals surface area contributed by atoms with Crippen molar-refractivity contribution >= 4 is 5.97 Å². The Morgan fingerprint density at radius 1 is 1.58 bits per heavy atom. The van der Waals surface area contributed by atoms with Crippen molar-refractivity contribution in [3.05, 3.63) is 24.5 Å². The molecule has 0 N–H and O–H groups in total. The van der Waals surface area contributed by atoms with Crippen molar-refractivity contribution < 1.29 is 19.0 Å². The number of allylic oxidation sites excluding steroid dienone is 1. The van der Waals surface area contributed by atoms with Gasteiger partial charge in [0.2, 0.25) is 6.29 Å². The first-order chi connectivity index (χ1) is 9.17. The fourth-order valence-corrected chi connectivity index (χ4v) is 4.41. The van der Waals surface area contributed by atoms with Crippen LogP contribution in [0.2, 0.25) is 0 Å². The van der Waals surface area contributed by atoms with Crippen LogP contribution in [-0.2, 0) is 19.0 Å². The molecule has 1 aliphatic heterocycles. The van der Waals surface area contributed by atoms with Crippen LogP contribution in [-0.4, -0.2) is 24.5 Å². The molecule has 4 rings (SSSR count). The molecule has 7 unspecified atom stereocenters. The van der Waals surface area contributed by atoms with Gasteiger partial charge in [0.15, 0.2) is 6.10 Å². The maximum Gasteiger partial charge on any atom is 0.332 e. The number of ether oxygens (including phenoxy) is 3. The first kappa shape index (κ1) is 11.5. The molecule has 0 aromatic heterocycles. The van der Waals surface area contributed by atoms with E-state index in [-0.39, 0.29) is 6.10 Å². The molecule has 0 radical (unpaired) electrons. The van der Waals surface area contributed by atoms with Crippen molar-refractivity contribution in [1.82, 2.24) is 0 Å². The number of hydrogen-bond acceptors (Lipinski definition) is 4. The summed E-state index contributed by atoms with van der Waals surface area (Å²) in [7, 11) is 0. The van der Waals surface area contributed by atoms with Gasteiger partial charge in [0, 0.05) is 12.0 Å². The van der Waals surface area contributed by atoms with Crippen molar-refractivity contribution in [1.29, 1.82) is 0 Å². The molecule has 0 spiro atoms. The highest BCUT2D eigenvalue weighted by molar-refractivity contribution is 5.81. The quantitative estimate of drug-likeness (QED) is 0.336. The van der Waals surface area contributed by atoms with Gasteiger partial charge >= 0.3 is 5.97 Å². The molecule has 1 heterocycles. The highest BCUT2D eigenvalue weighted by Crippen LogP contribution is 2.63. The lowest BCUT2D eigenvalue weighted by Crippen LogP contribution is -2.36. The van der Waals surface area contributed by atoms with Gasteiger partial charge in [-0.05, 0) is 43.6 Å². The van der Waals surface area contributed by atoms with Crippen LogP contribution in [0.25, 0.3) is 0 Å². The molecule has 3 fully saturated rings. The third-order valence-corrected chi connectivity index (χ3v) is 5.08. The molecule has 0 amide bonds. The Balaban J connectivity index is 1.40. The van der Waals surface area contributed by atoms with Gasteiger partial charge in [0.1, 0.15) is 5.76 Å². The van der Waals surface area contributed by atoms with Crippen molar-refractivity contribution in [2.75, 3.05) is 0 Å². The summed E-state index contributed by atoms with van der Waals surface area (Å²) in [5.41, 5.74) is 0. The van der Waals surface area contributed by atoms with Gasteiger partial charge < -0.3 is 14.2 Å². The molecular formula is C15H18O4. The van der Waals surface area contributed by atoms with E-state index in [0.717, 1.165) is 12.3 Å². The van der Waals surface area contributed by atoms with E-state index in [9.17, 15) is 4.79 Å². The van der Waals surface area contributed by atoms with Gasteiger partial charge in [-0.3, -0.25) is 0 Å². The van der Waals surface area contributed by atoms with Crippen molar-refractivity contribution in [3.8, 4) is 0 Å². The summed E-state index contributed by atoms with van der Waals surface area (Å²) in [5.74, 6) is 3.39. The monoisotopic (exact) mass is 262 g/mol. The molecular weight excluding hydrogens is 244 g/mol. The zero-order valence-corrected chi connectivity index (χ0v) is 11.0. The van der Waals surface area contributed by atoms with Gasteiger partial charge in [-0.15, -0.1) is 0 Å². The van der Waals surface area contributed by atoms with E-state index in [0.29, 0.717) is 23.9 Å².